The first kappa shape index (κ1) is 17.1. The molecule has 2 rings (SSSR count). The zero-order valence-corrected chi connectivity index (χ0v) is 15.0. The summed E-state index contributed by atoms with van der Waals surface area (Å²) in [6.45, 7) is 4.42. The first-order valence-electron chi connectivity index (χ1n) is 6.70. The molecule has 0 bridgehead atoms. The fraction of sp³-hybridized carbons (Fsp3) is 0.357. The SMILES string of the molecule is CCOc1ccc(NC(=O)C(C)Sc2nnc(SC)s2)cc1. The number of nitrogens with one attached hydrogen (secondary N) is 1. The molecule has 1 unspecified atom stereocenters. The van der Waals surface area contributed by atoms with Crippen molar-refractivity contribution in [1.82, 2.24) is 10.2 Å². The van der Waals surface area contributed by atoms with Gasteiger partial charge in [0.1, 0.15) is 5.75 Å². The molecule has 1 amide bonds. The highest BCUT2D eigenvalue weighted by Gasteiger charge is 2.17. The van der Waals surface area contributed by atoms with Crippen molar-refractivity contribution < 1.29 is 9.53 Å². The summed E-state index contributed by atoms with van der Waals surface area (Å²) in [6, 6.07) is 7.34. The largest absolute Gasteiger partial charge is 0.494 e. The van der Waals surface area contributed by atoms with E-state index in [0.717, 1.165) is 20.1 Å². The van der Waals surface area contributed by atoms with E-state index in [9.17, 15) is 4.79 Å². The van der Waals surface area contributed by atoms with Gasteiger partial charge in [-0.05, 0) is 44.4 Å². The third kappa shape index (κ3) is 4.89. The second kappa shape index (κ2) is 8.40. The number of hydrogen-bond donors (Lipinski definition) is 1. The smallest absolute Gasteiger partial charge is 0.237 e. The van der Waals surface area contributed by atoms with Crippen molar-refractivity contribution in [3.05, 3.63) is 24.3 Å². The van der Waals surface area contributed by atoms with Gasteiger partial charge in [0.05, 0.1) is 11.9 Å². The summed E-state index contributed by atoms with van der Waals surface area (Å²) < 4.78 is 7.08. The van der Waals surface area contributed by atoms with Crippen LogP contribution in [0.3, 0.4) is 0 Å². The second-order valence-electron chi connectivity index (χ2n) is 4.24. The first-order chi connectivity index (χ1) is 10.6. The molecule has 0 fully saturated rings. The number of ether oxygens (including phenoxy) is 1. The lowest BCUT2D eigenvalue weighted by Gasteiger charge is -2.11. The Balaban J connectivity index is 1.90. The van der Waals surface area contributed by atoms with E-state index in [2.05, 4.69) is 15.5 Å². The quantitative estimate of drug-likeness (QED) is 0.763. The predicted molar refractivity (Wildman–Crippen MR) is 93.2 cm³/mol. The van der Waals surface area contributed by atoms with Crippen molar-refractivity contribution >= 4 is 46.5 Å². The van der Waals surface area contributed by atoms with E-state index in [1.807, 2.05) is 44.4 Å². The van der Waals surface area contributed by atoms with Crippen LogP contribution in [0.5, 0.6) is 5.75 Å². The van der Waals surface area contributed by atoms with Crippen LogP contribution in [-0.2, 0) is 4.79 Å². The van der Waals surface area contributed by atoms with E-state index in [1.165, 1.54) is 23.1 Å². The van der Waals surface area contributed by atoms with Crippen molar-refractivity contribution in [2.45, 2.75) is 27.8 Å². The van der Waals surface area contributed by atoms with Gasteiger partial charge in [-0.3, -0.25) is 4.79 Å². The maximum Gasteiger partial charge on any atom is 0.237 e. The summed E-state index contributed by atoms with van der Waals surface area (Å²) in [5, 5.41) is 10.7. The van der Waals surface area contributed by atoms with Crippen molar-refractivity contribution in [1.29, 1.82) is 0 Å². The number of hydrogen-bond acceptors (Lipinski definition) is 7. The maximum absolute atomic E-state index is 12.2. The van der Waals surface area contributed by atoms with Gasteiger partial charge in [-0.2, -0.15) is 0 Å². The number of carbonyl (C=O) groups is 1. The van der Waals surface area contributed by atoms with E-state index < -0.39 is 0 Å². The lowest BCUT2D eigenvalue weighted by molar-refractivity contribution is -0.115. The Kier molecular flexibility index (Phi) is 6.53. The van der Waals surface area contributed by atoms with Crippen molar-refractivity contribution in [3.8, 4) is 5.75 Å². The summed E-state index contributed by atoms with van der Waals surface area (Å²) in [4.78, 5) is 12.2. The molecule has 0 spiro atoms. The van der Waals surface area contributed by atoms with Gasteiger partial charge in [-0.25, -0.2) is 0 Å². The van der Waals surface area contributed by atoms with Crippen molar-refractivity contribution in [2.24, 2.45) is 0 Å². The molecule has 8 heteroatoms. The summed E-state index contributed by atoms with van der Waals surface area (Å²) in [5.41, 5.74) is 0.753. The van der Waals surface area contributed by atoms with Crippen LogP contribution in [0.15, 0.2) is 32.9 Å². The van der Waals surface area contributed by atoms with Crippen LogP contribution in [0.4, 0.5) is 5.69 Å². The second-order valence-corrected chi connectivity index (χ2v) is 7.86. The predicted octanol–water partition coefficient (Wildman–Crippen LogP) is 3.78. The van der Waals surface area contributed by atoms with Crippen LogP contribution in [0.2, 0.25) is 0 Å². The first-order valence-corrected chi connectivity index (χ1v) is 9.62. The summed E-state index contributed by atoms with van der Waals surface area (Å²) in [7, 11) is 0. The highest BCUT2D eigenvalue weighted by Crippen LogP contribution is 2.30. The van der Waals surface area contributed by atoms with Gasteiger partial charge in [0, 0.05) is 5.69 Å². The van der Waals surface area contributed by atoms with Crippen LogP contribution in [0, 0.1) is 0 Å². The molecule has 22 heavy (non-hydrogen) atoms. The number of anilines is 1. The third-order valence-electron chi connectivity index (χ3n) is 2.64. The monoisotopic (exact) mass is 355 g/mol. The van der Waals surface area contributed by atoms with E-state index in [0.29, 0.717) is 6.61 Å². The average Bonchev–Trinajstić information content (AvgIpc) is 2.97. The molecular weight excluding hydrogens is 338 g/mol. The number of rotatable bonds is 7. The lowest BCUT2D eigenvalue weighted by Crippen LogP contribution is -2.22. The Hall–Kier alpha value is -1.25. The molecule has 1 heterocycles. The van der Waals surface area contributed by atoms with Gasteiger partial charge in [-0.15, -0.1) is 10.2 Å². The van der Waals surface area contributed by atoms with Crippen LogP contribution in [0.25, 0.3) is 0 Å². The minimum atomic E-state index is -0.241. The maximum atomic E-state index is 12.2. The molecule has 0 aliphatic heterocycles. The minimum absolute atomic E-state index is 0.0601. The van der Waals surface area contributed by atoms with Crippen LogP contribution in [-0.4, -0.2) is 34.2 Å². The molecular formula is C14H17N3O2S3. The number of carbonyl (C=O) groups excluding carboxylic acids is 1. The summed E-state index contributed by atoms with van der Waals surface area (Å²) in [6.07, 6.45) is 1.96. The molecule has 1 N–H and O–H groups in total. The van der Waals surface area contributed by atoms with Crippen LogP contribution < -0.4 is 10.1 Å². The zero-order valence-electron chi connectivity index (χ0n) is 12.5. The third-order valence-corrected chi connectivity index (χ3v) is 5.73. The van der Waals surface area contributed by atoms with Gasteiger partial charge in [0.15, 0.2) is 8.68 Å². The molecule has 0 aliphatic carbocycles. The van der Waals surface area contributed by atoms with E-state index >= 15 is 0 Å². The molecule has 5 nitrogen and oxygen atoms in total. The van der Waals surface area contributed by atoms with Gasteiger partial charge >= 0.3 is 0 Å². The molecule has 1 aromatic heterocycles. The Bertz CT molecular complexity index is 616. The number of benzene rings is 1. The normalized spacial score (nSPS) is 12.0. The standard InChI is InChI=1S/C14H17N3O2S3/c1-4-19-11-7-5-10(6-8-11)15-12(18)9(2)21-14-17-16-13(20-3)22-14/h5-9H,4H2,1-3H3,(H,15,18). The number of thioether (sulfide) groups is 2. The van der Waals surface area contributed by atoms with Gasteiger partial charge in [0.25, 0.3) is 0 Å². The lowest BCUT2D eigenvalue weighted by atomic mass is 10.3. The zero-order chi connectivity index (χ0) is 15.9. The average molecular weight is 356 g/mol. The van der Waals surface area contributed by atoms with Crippen molar-refractivity contribution in [3.63, 3.8) is 0 Å². The van der Waals surface area contributed by atoms with Gasteiger partial charge in [-0.1, -0.05) is 34.9 Å². The molecule has 118 valence electrons. The van der Waals surface area contributed by atoms with Gasteiger partial charge in [0.2, 0.25) is 5.91 Å². The number of nitrogens with zero attached hydrogens (tertiary/aromatic N) is 2. The molecule has 1 atom stereocenters. The molecule has 0 saturated heterocycles. The molecule has 2 aromatic rings. The van der Waals surface area contributed by atoms with E-state index in [4.69, 9.17) is 4.74 Å². The Labute approximate surface area is 142 Å². The van der Waals surface area contributed by atoms with Gasteiger partial charge < -0.3 is 10.1 Å². The summed E-state index contributed by atoms with van der Waals surface area (Å²) in [5.74, 6) is 0.733. The Morgan fingerprint density at radius 3 is 2.59 bits per heavy atom. The summed E-state index contributed by atoms with van der Waals surface area (Å²) >= 11 is 4.46. The molecule has 0 radical (unpaired) electrons. The number of aromatic nitrogens is 2. The van der Waals surface area contributed by atoms with Crippen LogP contribution >= 0.6 is 34.9 Å². The molecule has 0 aliphatic rings. The molecule has 0 saturated carbocycles. The Morgan fingerprint density at radius 1 is 1.32 bits per heavy atom. The van der Waals surface area contributed by atoms with Crippen molar-refractivity contribution in [2.75, 3.05) is 18.2 Å². The highest BCUT2D eigenvalue weighted by atomic mass is 32.2. The fourth-order valence-electron chi connectivity index (χ4n) is 1.58. The Morgan fingerprint density at radius 2 is 2.00 bits per heavy atom. The topological polar surface area (TPSA) is 64.1 Å². The molecule has 1 aromatic carbocycles. The van der Waals surface area contributed by atoms with E-state index in [1.54, 1.807) is 11.8 Å². The minimum Gasteiger partial charge on any atom is -0.494 e. The number of amides is 1. The highest BCUT2D eigenvalue weighted by molar-refractivity contribution is 8.03. The van der Waals surface area contributed by atoms with Crippen LogP contribution in [0.1, 0.15) is 13.8 Å². The fourth-order valence-corrected chi connectivity index (χ4v) is 4.16. The van der Waals surface area contributed by atoms with E-state index in [-0.39, 0.29) is 11.2 Å².